The van der Waals surface area contributed by atoms with E-state index in [1.54, 1.807) is 25.2 Å². The number of nitrogens with one attached hydrogen (secondary N) is 1. The molecule has 0 unspecified atom stereocenters. The van der Waals surface area contributed by atoms with Crippen molar-refractivity contribution < 1.29 is 19.4 Å². The Labute approximate surface area is 201 Å². The van der Waals surface area contributed by atoms with Crippen molar-refractivity contribution >= 4 is 40.6 Å². The summed E-state index contributed by atoms with van der Waals surface area (Å²) in [4.78, 5) is 28.0. The fraction of sp³-hybridized carbons (Fsp3) is 0.423. The van der Waals surface area contributed by atoms with Gasteiger partial charge in [-0.3, -0.25) is 9.79 Å². The van der Waals surface area contributed by atoms with E-state index >= 15 is 0 Å². The number of carbonyl (C=O) groups excluding carboxylic acids is 1. The van der Waals surface area contributed by atoms with Gasteiger partial charge in [0.05, 0.1) is 16.9 Å². The normalized spacial score (nSPS) is 11.8. The van der Waals surface area contributed by atoms with E-state index in [1.165, 1.54) is 0 Å². The lowest BCUT2D eigenvalue weighted by Gasteiger charge is -2.19. The zero-order valence-corrected chi connectivity index (χ0v) is 20.5. The van der Waals surface area contributed by atoms with Gasteiger partial charge in [0.15, 0.2) is 0 Å². The number of nitrogens with zero attached hydrogens (tertiary/aromatic N) is 1. The Hall–Kier alpha value is -2.86. The molecule has 0 saturated carbocycles. The molecule has 7 heteroatoms. The van der Waals surface area contributed by atoms with E-state index in [9.17, 15) is 14.7 Å². The van der Waals surface area contributed by atoms with Gasteiger partial charge in [-0.25, -0.2) is 4.79 Å². The van der Waals surface area contributed by atoms with Crippen LogP contribution < -0.4 is 5.32 Å². The molecule has 6 nitrogen and oxygen atoms in total. The molecular formula is C26H33ClN2O4. The number of carboxylic acids is 1. The number of esters is 1. The number of carbonyl (C=O) groups is 2. The van der Waals surface area contributed by atoms with Crippen molar-refractivity contribution in [1.82, 2.24) is 0 Å². The van der Waals surface area contributed by atoms with Crippen LogP contribution in [0, 0.1) is 0 Å². The maximum atomic E-state index is 11.8. The number of halogens is 1. The number of carboxylic acid groups (broad SMARTS) is 1. The van der Waals surface area contributed by atoms with Crippen LogP contribution in [0.25, 0.3) is 0 Å². The average molecular weight is 473 g/mol. The van der Waals surface area contributed by atoms with Gasteiger partial charge < -0.3 is 15.2 Å². The second kappa shape index (κ2) is 12.4. The molecule has 0 aliphatic rings. The number of benzene rings is 2. The molecule has 0 aliphatic carbocycles. The van der Waals surface area contributed by atoms with Crippen LogP contribution in [-0.4, -0.2) is 35.4 Å². The summed E-state index contributed by atoms with van der Waals surface area (Å²) in [5.41, 5.74) is 2.96. The predicted octanol–water partition coefficient (Wildman–Crippen LogP) is 6.88. The molecular weight excluding hydrogens is 440 g/mol. The van der Waals surface area contributed by atoms with Crippen LogP contribution in [-0.2, 0) is 9.53 Å². The number of hydrogen-bond acceptors (Lipinski definition) is 5. The van der Waals surface area contributed by atoms with Crippen LogP contribution in [0.3, 0.4) is 0 Å². The molecule has 0 heterocycles. The van der Waals surface area contributed by atoms with Crippen molar-refractivity contribution in [2.45, 2.75) is 64.9 Å². The molecule has 0 aliphatic heterocycles. The average Bonchev–Trinajstić information content (AvgIpc) is 2.74. The van der Waals surface area contributed by atoms with E-state index in [2.05, 4.69) is 5.32 Å². The number of aliphatic imine (C=N–C) groups is 1. The fourth-order valence-corrected chi connectivity index (χ4v) is 3.45. The Morgan fingerprint density at radius 2 is 1.58 bits per heavy atom. The highest BCUT2D eigenvalue weighted by Gasteiger charge is 2.15. The molecule has 2 N–H and O–H groups in total. The van der Waals surface area contributed by atoms with Crippen LogP contribution in [0.5, 0.6) is 0 Å². The molecule has 0 bridgehead atoms. The van der Waals surface area contributed by atoms with Gasteiger partial charge in [0.2, 0.25) is 0 Å². The van der Waals surface area contributed by atoms with Gasteiger partial charge in [-0.05, 0) is 75.9 Å². The van der Waals surface area contributed by atoms with Crippen molar-refractivity contribution in [2.75, 3.05) is 12.4 Å². The minimum atomic E-state index is -0.980. The third-order valence-electron chi connectivity index (χ3n) is 4.91. The molecule has 2 aromatic carbocycles. The predicted molar refractivity (Wildman–Crippen MR) is 134 cm³/mol. The molecule has 0 radical (unpaired) electrons. The van der Waals surface area contributed by atoms with Gasteiger partial charge in [-0.1, -0.05) is 36.6 Å². The summed E-state index contributed by atoms with van der Waals surface area (Å²) in [6.07, 6.45) is 4.78. The second-order valence-corrected chi connectivity index (χ2v) is 9.29. The Morgan fingerprint density at radius 1 is 0.970 bits per heavy atom. The van der Waals surface area contributed by atoms with E-state index in [0.29, 0.717) is 22.8 Å². The van der Waals surface area contributed by atoms with E-state index in [-0.39, 0.29) is 11.5 Å². The van der Waals surface area contributed by atoms with Crippen LogP contribution in [0.15, 0.2) is 47.5 Å². The Bertz CT molecular complexity index is 979. The van der Waals surface area contributed by atoms with Crippen LogP contribution in [0.1, 0.15) is 75.2 Å². The van der Waals surface area contributed by atoms with Gasteiger partial charge in [0, 0.05) is 24.2 Å². The quantitative estimate of drug-likeness (QED) is 0.211. The topological polar surface area (TPSA) is 88.0 Å². The lowest BCUT2D eigenvalue weighted by molar-refractivity contribution is -0.154. The van der Waals surface area contributed by atoms with Gasteiger partial charge in [0.25, 0.3) is 0 Å². The van der Waals surface area contributed by atoms with E-state index < -0.39 is 11.6 Å². The summed E-state index contributed by atoms with van der Waals surface area (Å²) in [5.74, 6) is -1.14. The molecule has 0 atom stereocenters. The fourth-order valence-electron chi connectivity index (χ4n) is 3.33. The van der Waals surface area contributed by atoms with Crippen molar-refractivity contribution in [3.05, 3.63) is 58.6 Å². The van der Waals surface area contributed by atoms with Crippen LogP contribution >= 0.6 is 11.6 Å². The lowest BCUT2D eigenvalue weighted by Crippen LogP contribution is -2.23. The molecule has 2 rings (SSSR count). The van der Waals surface area contributed by atoms with Crippen LogP contribution in [0.4, 0.5) is 11.4 Å². The van der Waals surface area contributed by atoms with E-state index in [1.807, 2.05) is 45.0 Å². The zero-order chi connectivity index (χ0) is 24.4. The number of rotatable bonds is 11. The first-order chi connectivity index (χ1) is 15.6. The first-order valence-electron chi connectivity index (χ1n) is 11.2. The molecule has 0 aromatic heterocycles. The number of anilines is 1. The highest BCUT2D eigenvalue weighted by Crippen LogP contribution is 2.28. The van der Waals surface area contributed by atoms with Gasteiger partial charge in [-0.2, -0.15) is 0 Å². The Morgan fingerprint density at radius 3 is 2.15 bits per heavy atom. The minimum Gasteiger partial charge on any atom is -0.478 e. The summed E-state index contributed by atoms with van der Waals surface area (Å²) < 4.78 is 5.35. The maximum Gasteiger partial charge on any atom is 0.335 e. The molecule has 33 heavy (non-hydrogen) atoms. The summed E-state index contributed by atoms with van der Waals surface area (Å²) in [6, 6.07) is 12.4. The van der Waals surface area contributed by atoms with Gasteiger partial charge in [-0.15, -0.1) is 0 Å². The maximum absolute atomic E-state index is 11.8. The van der Waals surface area contributed by atoms with Crippen molar-refractivity contribution in [3.8, 4) is 0 Å². The first kappa shape index (κ1) is 26.4. The van der Waals surface area contributed by atoms with E-state index in [0.717, 1.165) is 43.4 Å². The molecule has 0 amide bonds. The number of aromatic carboxylic acids is 1. The largest absolute Gasteiger partial charge is 0.478 e. The van der Waals surface area contributed by atoms with Crippen molar-refractivity contribution in [1.29, 1.82) is 0 Å². The smallest absolute Gasteiger partial charge is 0.335 e. The lowest BCUT2D eigenvalue weighted by atomic mass is 10.0. The Kier molecular flexibility index (Phi) is 9.92. The monoisotopic (exact) mass is 472 g/mol. The van der Waals surface area contributed by atoms with Crippen LogP contribution in [0.2, 0.25) is 5.02 Å². The summed E-state index contributed by atoms with van der Waals surface area (Å²) >= 11 is 6.06. The first-order valence-corrected chi connectivity index (χ1v) is 11.6. The highest BCUT2D eigenvalue weighted by molar-refractivity contribution is 6.30. The number of unbranched alkanes of at least 4 members (excludes halogenated alkanes) is 3. The number of ether oxygens (including phenoxy) is 1. The van der Waals surface area contributed by atoms with E-state index in [4.69, 9.17) is 21.3 Å². The Balaban J connectivity index is 2.06. The van der Waals surface area contributed by atoms with Crippen molar-refractivity contribution in [3.63, 3.8) is 0 Å². The molecule has 2 aromatic rings. The molecule has 178 valence electrons. The molecule has 0 saturated heterocycles. The number of hydrogen-bond donors (Lipinski definition) is 2. The zero-order valence-electron chi connectivity index (χ0n) is 19.8. The summed E-state index contributed by atoms with van der Waals surface area (Å²) in [6.45, 7) is 5.62. The standard InChI is InChI=1S/C26H33ClN2O4/c1-26(2,3)33-24(30)10-8-6-5-7-9-21(18-11-14-20(27)15-12-18)29-22-16-13-19(25(31)32)17-23(22)28-4/h11-17,28H,5-10H2,1-4H3,(H,31,32). The third kappa shape index (κ3) is 9.26. The SMILES string of the molecule is CNc1cc(C(=O)O)ccc1N=C(CCCCCCC(=O)OC(C)(C)C)c1ccc(Cl)cc1. The third-order valence-corrected chi connectivity index (χ3v) is 5.16. The van der Waals surface area contributed by atoms with Gasteiger partial charge >= 0.3 is 11.9 Å². The molecule has 0 spiro atoms. The highest BCUT2D eigenvalue weighted by atomic mass is 35.5. The summed E-state index contributed by atoms with van der Waals surface area (Å²) in [7, 11) is 1.74. The van der Waals surface area contributed by atoms with Gasteiger partial charge in [0.1, 0.15) is 5.60 Å². The molecule has 0 fully saturated rings. The summed E-state index contributed by atoms with van der Waals surface area (Å²) in [5, 5.41) is 12.9. The minimum absolute atomic E-state index is 0.157. The second-order valence-electron chi connectivity index (χ2n) is 8.85. The van der Waals surface area contributed by atoms with Crippen molar-refractivity contribution in [2.24, 2.45) is 4.99 Å².